The topological polar surface area (TPSA) is 43.4 Å². The van der Waals surface area contributed by atoms with Crippen LogP contribution in [-0.4, -0.2) is 61.6 Å². The lowest BCUT2D eigenvalue weighted by molar-refractivity contribution is 0.0484. The Kier molecular flexibility index (Phi) is 10.6. The first-order chi connectivity index (χ1) is 18.8. The zero-order valence-electron chi connectivity index (χ0n) is 23.7. The lowest BCUT2D eigenvalue weighted by Gasteiger charge is -2.47. The molecule has 2 aromatic carbocycles. The number of hydrogen-bond donors (Lipinski definition) is 2. The van der Waals surface area contributed by atoms with Gasteiger partial charge in [0.15, 0.2) is 23.0 Å². The molecule has 39 heavy (non-hydrogen) atoms. The maximum atomic E-state index is 5.68. The van der Waals surface area contributed by atoms with Gasteiger partial charge < -0.3 is 23.3 Å². The zero-order chi connectivity index (χ0) is 28.1. The van der Waals surface area contributed by atoms with Gasteiger partial charge in [0.05, 0.1) is 28.4 Å². The summed E-state index contributed by atoms with van der Waals surface area (Å²) < 4.78 is 24.7. The molecule has 3 atom stereocenters. The Morgan fingerprint density at radius 2 is 1.51 bits per heavy atom. The summed E-state index contributed by atoms with van der Waals surface area (Å²) in [6, 6.07) is 9.08. The third-order valence-corrected chi connectivity index (χ3v) is 9.76. The molecule has 0 spiro atoms. The third kappa shape index (κ3) is 6.75. The predicted molar refractivity (Wildman–Crippen MR) is 168 cm³/mol. The van der Waals surface area contributed by atoms with Crippen molar-refractivity contribution in [3.63, 3.8) is 0 Å². The Morgan fingerprint density at radius 3 is 2.10 bits per heavy atom. The summed E-state index contributed by atoms with van der Waals surface area (Å²) in [7, 11) is 6.81. The lowest BCUT2D eigenvalue weighted by Crippen LogP contribution is -2.46. The van der Waals surface area contributed by atoms with Crippen LogP contribution in [0.5, 0.6) is 23.0 Å². The summed E-state index contributed by atoms with van der Waals surface area (Å²) in [5.74, 6) is 4.47. The van der Waals surface area contributed by atoms with Crippen LogP contribution in [0.3, 0.4) is 0 Å². The molecular weight excluding hydrogens is 549 g/mol. The van der Waals surface area contributed by atoms with Gasteiger partial charge in [-0.05, 0) is 90.5 Å². The molecule has 2 aliphatic heterocycles. The second kappa shape index (κ2) is 13.7. The van der Waals surface area contributed by atoms with Crippen LogP contribution in [0.1, 0.15) is 54.5 Å². The molecule has 1 fully saturated rings. The summed E-state index contributed by atoms with van der Waals surface area (Å²) in [6.07, 6.45) is 6.32. The molecule has 0 aliphatic carbocycles. The van der Waals surface area contributed by atoms with Crippen molar-refractivity contribution in [1.82, 2.24) is 9.21 Å². The summed E-state index contributed by atoms with van der Waals surface area (Å²) in [4.78, 5) is 2.70. The van der Waals surface area contributed by atoms with E-state index >= 15 is 0 Å². The number of aryl methyl sites for hydroxylation is 1. The van der Waals surface area contributed by atoms with E-state index in [1.165, 1.54) is 28.7 Å². The number of benzene rings is 2. The first kappa shape index (κ1) is 30.2. The quantitative estimate of drug-likeness (QED) is 0.239. The molecule has 0 saturated carbocycles. The highest BCUT2D eigenvalue weighted by atomic mass is 32.1. The van der Waals surface area contributed by atoms with Crippen molar-refractivity contribution < 1.29 is 18.9 Å². The average Bonchev–Trinajstić information content (AvgIpc) is 2.96. The molecule has 0 aromatic heterocycles. The molecular formula is C30H42N2O4S3. The van der Waals surface area contributed by atoms with E-state index in [2.05, 4.69) is 61.5 Å². The molecule has 2 aromatic rings. The Morgan fingerprint density at radius 1 is 0.923 bits per heavy atom. The molecule has 0 amide bonds. The molecule has 0 N–H and O–H groups in total. The second-order valence-electron chi connectivity index (χ2n) is 10.5. The average molecular weight is 591 g/mol. The van der Waals surface area contributed by atoms with E-state index in [1.54, 1.807) is 32.7 Å². The SMILES string of the molecule is CC[C@H]1CN2CCc3cc(OC)c(OC)cc3C2CC1CCc1cc(OC)c(OC)cc1CCN(S)C(=S)S. The summed E-state index contributed by atoms with van der Waals surface area (Å²) in [5, 5.41) is 0. The molecule has 6 nitrogen and oxygen atoms in total. The number of hydrogen-bond acceptors (Lipinski definition) is 7. The number of methoxy groups -OCH3 is 4. The number of thiocarbonyl (C=S) groups is 1. The van der Waals surface area contributed by atoms with Crippen molar-refractivity contribution in [2.45, 2.75) is 51.5 Å². The lowest BCUT2D eigenvalue weighted by atomic mass is 9.73. The van der Waals surface area contributed by atoms with Crippen LogP contribution >= 0.6 is 37.7 Å². The van der Waals surface area contributed by atoms with Gasteiger partial charge in [-0.3, -0.25) is 4.90 Å². The van der Waals surface area contributed by atoms with E-state index in [4.69, 9.17) is 31.2 Å². The summed E-state index contributed by atoms with van der Waals surface area (Å²) in [5.41, 5.74) is 5.33. The summed E-state index contributed by atoms with van der Waals surface area (Å²) >= 11 is 13.9. The molecule has 2 unspecified atom stereocenters. The van der Waals surface area contributed by atoms with Crippen LogP contribution in [0.4, 0.5) is 0 Å². The van der Waals surface area contributed by atoms with Crippen molar-refractivity contribution in [3.8, 4) is 23.0 Å². The molecule has 0 bridgehead atoms. The van der Waals surface area contributed by atoms with E-state index in [-0.39, 0.29) is 0 Å². The highest BCUT2D eigenvalue weighted by Crippen LogP contribution is 2.46. The molecule has 2 aliphatic rings. The Balaban J connectivity index is 1.57. The van der Waals surface area contributed by atoms with Gasteiger partial charge in [-0.1, -0.05) is 38.4 Å². The van der Waals surface area contributed by atoms with Crippen LogP contribution in [0.15, 0.2) is 24.3 Å². The van der Waals surface area contributed by atoms with Gasteiger partial charge in [0.25, 0.3) is 0 Å². The van der Waals surface area contributed by atoms with Crippen LogP contribution in [0.2, 0.25) is 0 Å². The van der Waals surface area contributed by atoms with Crippen LogP contribution in [0.25, 0.3) is 0 Å². The van der Waals surface area contributed by atoms with E-state index < -0.39 is 0 Å². The third-order valence-electron chi connectivity index (χ3n) is 8.60. The summed E-state index contributed by atoms with van der Waals surface area (Å²) in [6.45, 7) is 5.26. The van der Waals surface area contributed by atoms with Gasteiger partial charge in [0.2, 0.25) is 0 Å². The van der Waals surface area contributed by atoms with Gasteiger partial charge in [0, 0.05) is 25.7 Å². The molecule has 2 heterocycles. The number of thiol groups is 2. The van der Waals surface area contributed by atoms with Crippen molar-refractivity contribution in [2.24, 2.45) is 11.8 Å². The van der Waals surface area contributed by atoms with E-state index in [0.29, 0.717) is 28.7 Å². The van der Waals surface area contributed by atoms with Crippen molar-refractivity contribution >= 4 is 42.0 Å². The van der Waals surface area contributed by atoms with Crippen molar-refractivity contribution in [3.05, 3.63) is 46.5 Å². The van der Waals surface area contributed by atoms with Gasteiger partial charge in [-0.15, -0.1) is 12.6 Å². The highest BCUT2D eigenvalue weighted by Gasteiger charge is 2.38. The second-order valence-corrected chi connectivity index (χ2v) is 12.1. The molecule has 4 rings (SSSR count). The molecule has 9 heteroatoms. The van der Waals surface area contributed by atoms with E-state index in [9.17, 15) is 0 Å². The number of ether oxygens (including phenoxy) is 4. The van der Waals surface area contributed by atoms with Crippen molar-refractivity contribution in [1.29, 1.82) is 0 Å². The monoisotopic (exact) mass is 590 g/mol. The Bertz CT molecular complexity index is 1160. The van der Waals surface area contributed by atoms with Crippen LogP contribution < -0.4 is 18.9 Å². The van der Waals surface area contributed by atoms with E-state index in [1.807, 2.05) is 0 Å². The van der Waals surface area contributed by atoms with Gasteiger partial charge in [0.1, 0.15) is 4.32 Å². The normalized spacial score (nSPS) is 20.5. The van der Waals surface area contributed by atoms with Crippen LogP contribution in [0, 0.1) is 11.8 Å². The van der Waals surface area contributed by atoms with Gasteiger partial charge in [-0.25, -0.2) is 0 Å². The minimum atomic E-state index is 0.417. The Hall–Kier alpha value is -1.81. The first-order valence-electron chi connectivity index (χ1n) is 13.7. The molecule has 1 saturated heterocycles. The highest BCUT2D eigenvalue weighted by molar-refractivity contribution is 8.12. The maximum Gasteiger partial charge on any atom is 0.161 e. The fourth-order valence-corrected chi connectivity index (χ4v) is 6.70. The number of nitrogens with zero attached hydrogens (tertiary/aromatic N) is 2. The smallest absolute Gasteiger partial charge is 0.161 e. The zero-order valence-corrected chi connectivity index (χ0v) is 26.3. The van der Waals surface area contributed by atoms with Gasteiger partial charge in [-0.2, -0.15) is 0 Å². The molecule has 0 radical (unpaired) electrons. The number of fused-ring (bicyclic) bond motifs is 3. The maximum absolute atomic E-state index is 5.68. The number of piperidine rings is 1. The Labute approximate surface area is 250 Å². The molecule has 214 valence electrons. The minimum absolute atomic E-state index is 0.417. The minimum Gasteiger partial charge on any atom is -0.493 e. The standard InChI is InChI=1S/C30H42N2O4S3/c1-6-19-18-31-11-9-23-16-28(35-4)29(36-5)17-24(23)25(31)13-20(19)7-8-21-14-26(33-2)27(34-3)15-22(21)10-12-32(39)30(37)38/h14-17,19-20,25,39H,6-13,18H2,1-5H3,(H,37,38)/t19-,20?,25?/m0/s1. The largest absolute Gasteiger partial charge is 0.493 e. The fourth-order valence-electron chi connectivity index (χ4n) is 6.41. The van der Waals surface area contributed by atoms with Crippen molar-refractivity contribution in [2.75, 3.05) is 48.1 Å². The van der Waals surface area contributed by atoms with Crippen LogP contribution in [-0.2, 0) is 19.3 Å². The first-order valence-corrected chi connectivity index (χ1v) is 15.0. The fraction of sp³-hybridized carbons (Fsp3) is 0.567. The van der Waals surface area contributed by atoms with E-state index in [0.717, 1.165) is 68.2 Å². The number of rotatable bonds is 11. The predicted octanol–water partition coefficient (Wildman–Crippen LogP) is 6.20. The van der Waals surface area contributed by atoms with Gasteiger partial charge >= 0.3 is 0 Å².